The number of thiophene rings is 1. The van der Waals surface area contributed by atoms with E-state index in [0.29, 0.717) is 11.2 Å². The zero-order valence-electron chi connectivity index (χ0n) is 10.5. The van der Waals surface area contributed by atoms with Crippen LogP contribution in [0.1, 0.15) is 23.7 Å². The van der Waals surface area contributed by atoms with E-state index in [1.54, 1.807) is 11.3 Å². The molecule has 0 radical (unpaired) electrons. The number of nitrogens with two attached hydrogens (primary N) is 1. The number of rotatable bonds is 6. The van der Waals surface area contributed by atoms with E-state index < -0.39 is 0 Å². The fourth-order valence-corrected chi connectivity index (χ4v) is 2.98. The van der Waals surface area contributed by atoms with Gasteiger partial charge in [-0.2, -0.15) is 0 Å². The van der Waals surface area contributed by atoms with Gasteiger partial charge in [-0.05, 0) is 25.3 Å². The Morgan fingerprint density at radius 2 is 2.22 bits per heavy atom. The zero-order valence-corrected chi connectivity index (χ0v) is 12.1. The quantitative estimate of drug-likeness (QED) is 0.629. The molecule has 7 heteroatoms. The average molecular weight is 283 g/mol. The van der Waals surface area contributed by atoms with Crippen LogP contribution < -0.4 is 11.3 Å². The highest BCUT2D eigenvalue weighted by Crippen LogP contribution is 2.20. The molecule has 0 saturated heterocycles. The molecule has 0 atom stereocenters. The Bertz CT molecular complexity index is 465. The summed E-state index contributed by atoms with van der Waals surface area (Å²) in [5.74, 6) is 5.31. The molecule has 0 amide bonds. The fraction of sp³-hybridized carbons (Fsp3) is 0.455. The van der Waals surface area contributed by atoms with Crippen LogP contribution in [0.15, 0.2) is 17.5 Å². The smallest absolute Gasteiger partial charge is 0.219 e. The van der Waals surface area contributed by atoms with Crippen LogP contribution in [0.4, 0.5) is 5.13 Å². The Kier molecular flexibility index (Phi) is 4.65. The summed E-state index contributed by atoms with van der Waals surface area (Å²) in [6.07, 6.45) is 0. The van der Waals surface area contributed by atoms with E-state index in [4.69, 9.17) is 5.84 Å². The second kappa shape index (κ2) is 6.24. The molecule has 5 nitrogen and oxygen atoms in total. The first-order chi connectivity index (χ1) is 8.69. The number of hydrogen-bond acceptors (Lipinski definition) is 7. The standard InChI is InChI=1S/C11H17N5S2/c1-8(2)16(6-9-4-3-5-17-9)7-10-14-15-11(13-12)18-10/h3-5,8H,6-7,12H2,1-2H3,(H,13,15). The molecule has 0 aliphatic carbocycles. The zero-order chi connectivity index (χ0) is 13.0. The lowest BCUT2D eigenvalue weighted by molar-refractivity contribution is 0.205. The maximum Gasteiger partial charge on any atom is 0.219 e. The summed E-state index contributed by atoms with van der Waals surface area (Å²) in [7, 11) is 0. The van der Waals surface area contributed by atoms with E-state index >= 15 is 0 Å². The van der Waals surface area contributed by atoms with Gasteiger partial charge in [-0.25, -0.2) is 5.84 Å². The minimum absolute atomic E-state index is 0.463. The molecule has 2 heterocycles. The van der Waals surface area contributed by atoms with E-state index in [0.717, 1.165) is 18.1 Å². The van der Waals surface area contributed by atoms with E-state index in [1.807, 2.05) is 0 Å². The van der Waals surface area contributed by atoms with Crippen molar-refractivity contribution in [1.29, 1.82) is 0 Å². The molecular formula is C11H17N5S2. The van der Waals surface area contributed by atoms with Crippen molar-refractivity contribution in [1.82, 2.24) is 15.1 Å². The number of hydrazine groups is 1. The molecule has 0 unspecified atom stereocenters. The van der Waals surface area contributed by atoms with Gasteiger partial charge in [-0.15, -0.1) is 21.5 Å². The van der Waals surface area contributed by atoms with Gasteiger partial charge in [0.1, 0.15) is 5.01 Å². The largest absolute Gasteiger partial charge is 0.298 e. The van der Waals surface area contributed by atoms with Crippen LogP contribution in [0.5, 0.6) is 0 Å². The highest BCUT2D eigenvalue weighted by Gasteiger charge is 2.14. The molecule has 3 N–H and O–H groups in total. The summed E-state index contributed by atoms with van der Waals surface area (Å²) in [4.78, 5) is 3.73. The van der Waals surface area contributed by atoms with Gasteiger partial charge in [0, 0.05) is 17.5 Å². The van der Waals surface area contributed by atoms with Crippen LogP contribution in [0.2, 0.25) is 0 Å². The Balaban J connectivity index is 2.02. The van der Waals surface area contributed by atoms with Crippen LogP contribution in [0, 0.1) is 0 Å². The summed E-state index contributed by atoms with van der Waals surface area (Å²) in [6, 6.07) is 4.71. The number of nitrogen functional groups attached to an aromatic ring is 1. The lowest BCUT2D eigenvalue weighted by atomic mass is 10.3. The van der Waals surface area contributed by atoms with E-state index in [1.165, 1.54) is 16.2 Å². The van der Waals surface area contributed by atoms with E-state index in [2.05, 4.69) is 51.9 Å². The van der Waals surface area contributed by atoms with Crippen LogP contribution in [0.25, 0.3) is 0 Å². The third kappa shape index (κ3) is 3.49. The first kappa shape index (κ1) is 13.4. The highest BCUT2D eigenvalue weighted by atomic mass is 32.1. The van der Waals surface area contributed by atoms with Gasteiger partial charge in [-0.1, -0.05) is 17.4 Å². The minimum Gasteiger partial charge on any atom is -0.298 e. The van der Waals surface area contributed by atoms with Crippen LogP contribution >= 0.6 is 22.7 Å². The molecule has 0 fully saturated rings. The first-order valence-electron chi connectivity index (χ1n) is 5.74. The van der Waals surface area contributed by atoms with Crippen molar-refractivity contribution in [2.45, 2.75) is 33.0 Å². The molecule has 0 aliphatic heterocycles. The monoisotopic (exact) mass is 283 g/mol. The molecule has 18 heavy (non-hydrogen) atoms. The van der Waals surface area contributed by atoms with Gasteiger partial charge < -0.3 is 0 Å². The molecule has 2 aromatic heterocycles. The van der Waals surface area contributed by atoms with Gasteiger partial charge in [0.05, 0.1) is 6.54 Å². The topological polar surface area (TPSA) is 67.1 Å². The average Bonchev–Trinajstić information content (AvgIpc) is 2.99. The maximum absolute atomic E-state index is 5.31. The SMILES string of the molecule is CC(C)N(Cc1cccs1)Cc1nnc(NN)s1. The van der Waals surface area contributed by atoms with Crippen molar-refractivity contribution in [2.24, 2.45) is 5.84 Å². The van der Waals surface area contributed by atoms with Crippen molar-refractivity contribution in [3.05, 3.63) is 27.4 Å². The second-order valence-electron chi connectivity index (χ2n) is 4.22. The maximum atomic E-state index is 5.31. The normalized spacial score (nSPS) is 11.4. The summed E-state index contributed by atoms with van der Waals surface area (Å²) < 4.78 is 0. The molecule has 2 aromatic rings. The highest BCUT2D eigenvalue weighted by molar-refractivity contribution is 7.15. The predicted molar refractivity (Wildman–Crippen MR) is 76.4 cm³/mol. The van der Waals surface area contributed by atoms with Crippen molar-refractivity contribution in [2.75, 3.05) is 5.43 Å². The summed E-state index contributed by atoms with van der Waals surface area (Å²) >= 11 is 3.28. The molecule has 0 bridgehead atoms. The number of nitrogens with zero attached hydrogens (tertiary/aromatic N) is 3. The Labute approximate surface area is 115 Å². The van der Waals surface area contributed by atoms with Gasteiger partial charge in [0.15, 0.2) is 0 Å². The second-order valence-corrected chi connectivity index (χ2v) is 6.32. The van der Waals surface area contributed by atoms with Gasteiger partial charge in [0.2, 0.25) is 5.13 Å². The fourth-order valence-electron chi connectivity index (χ4n) is 1.57. The molecule has 0 aliphatic rings. The van der Waals surface area contributed by atoms with Gasteiger partial charge in [0.25, 0.3) is 0 Å². The number of anilines is 1. The van der Waals surface area contributed by atoms with E-state index in [9.17, 15) is 0 Å². The molecule has 0 saturated carbocycles. The Morgan fingerprint density at radius 1 is 1.39 bits per heavy atom. The lowest BCUT2D eigenvalue weighted by Gasteiger charge is -2.24. The Morgan fingerprint density at radius 3 is 2.78 bits per heavy atom. The van der Waals surface area contributed by atoms with Crippen molar-refractivity contribution < 1.29 is 0 Å². The number of aromatic nitrogens is 2. The van der Waals surface area contributed by atoms with Crippen LogP contribution in [-0.2, 0) is 13.1 Å². The molecule has 0 aromatic carbocycles. The molecule has 98 valence electrons. The summed E-state index contributed by atoms with van der Waals surface area (Å²) in [6.45, 7) is 6.13. The predicted octanol–water partition coefficient (Wildman–Crippen LogP) is 2.30. The van der Waals surface area contributed by atoms with Crippen molar-refractivity contribution >= 4 is 27.8 Å². The first-order valence-corrected chi connectivity index (χ1v) is 7.44. The third-order valence-electron chi connectivity index (χ3n) is 2.60. The summed E-state index contributed by atoms with van der Waals surface area (Å²) in [5.41, 5.74) is 2.52. The minimum atomic E-state index is 0.463. The van der Waals surface area contributed by atoms with Gasteiger partial charge in [-0.3, -0.25) is 10.3 Å². The van der Waals surface area contributed by atoms with Gasteiger partial charge >= 0.3 is 0 Å². The third-order valence-corrected chi connectivity index (χ3v) is 4.30. The molecule has 2 rings (SSSR count). The molecular weight excluding hydrogens is 266 g/mol. The van der Waals surface area contributed by atoms with Crippen molar-refractivity contribution in [3.63, 3.8) is 0 Å². The summed E-state index contributed by atoms with van der Waals surface area (Å²) in [5, 5.41) is 11.8. The lowest BCUT2D eigenvalue weighted by Crippen LogP contribution is -2.29. The van der Waals surface area contributed by atoms with Crippen molar-refractivity contribution in [3.8, 4) is 0 Å². The number of hydrogen-bond donors (Lipinski definition) is 2. The van der Waals surface area contributed by atoms with E-state index in [-0.39, 0.29) is 0 Å². The molecule has 0 spiro atoms. The number of nitrogens with one attached hydrogen (secondary N) is 1. The van der Waals surface area contributed by atoms with Crippen LogP contribution in [0.3, 0.4) is 0 Å². The van der Waals surface area contributed by atoms with Crippen LogP contribution in [-0.4, -0.2) is 21.1 Å². The Hall–Kier alpha value is -1.02.